The van der Waals surface area contributed by atoms with E-state index in [-0.39, 0.29) is 17.4 Å². The number of rotatable bonds is 4. The smallest absolute Gasteiger partial charge is 0.223 e. The summed E-state index contributed by atoms with van der Waals surface area (Å²) in [6.45, 7) is 5.15. The number of nitrogens with zero attached hydrogens (tertiary/aromatic N) is 4. The minimum atomic E-state index is -0.330. The molecule has 1 heterocycles. The summed E-state index contributed by atoms with van der Waals surface area (Å²) in [5.41, 5.74) is 9.14. The number of carbonyl (C=O) groups is 1. The molecule has 0 aliphatic carbocycles. The first-order valence-electron chi connectivity index (χ1n) is 6.42. The van der Waals surface area contributed by atoms with E-state index < -0.39 is 0 Å². The zero-order valence-corrected chi connectivity index (χ0v) is 11.3. The summed E-state index contributed by atoms with van der Waals surface area (Å²) in [7, 11) is 0. The lowest BCUT2D eigenvalue weighted by atomic mass is 9.92. The molecule has 1 aromatic rings. The van der Waals surface area contributed by atoms with E-state index in [4.69, 9.17) is 5.53 Å². The van der Waals surface area contributed by atoms with Crippen LogP contribution in [0.25, 0.3) is 10.4 Å². The van der Waals surface area contributed by atoms with Crippen molar-refractivity contribution in [1.29, 1.82) is 0 Å². The molecule has 1 fully saturated rings. The van der Waals surface area contributed by atoms with Crippen molar-refractivity contribution in [3.63, 3.8) is 0 Å². The van der Waals surface area contributed by atoms with Gasteiger partial charge in [-0.2, -0.15) is 0 Å². The molecule has 5 heteroatoms. The molecule has 0 N–H and O–H groups in total. The average molecular weight is 258 g/mol. The highest BCUT2D eigenvalue weighted by Gasteiger charge is 2.39. The minimum absolute atomic E-state index is 0.131. The summed E-state index contributed by atoms with van der Waals surface area (Å²) in [6.07, 6.45) is 0.468. The number of carbonyl (C=O) groups excluding carboxylic acids is 1. The zero-order chi connectivity index (χ0) is 13.9. The van der Waals surface area contributed by atoms with Crippen LogP contribution in [0.2, 0.25) is 0 Å². The predicted molar refractivity (Wildman–Crippen MR) is 73.3 cm³/mol. The Morgan fingerprint density at radius 1 is 1.42 bits per heavy atom. The highest BCUT2D eigenvalue weighted by Crippen LogP contribution is 2.33. The molecule has 1 unspecified atom stereocenters. The minimum Gasteiger partial charge on any atom is -0.333 e. The van der Waals surface area contributed by atoms with Crippen LogP contribution in [0.5, 0.6) is 0 Å². The van der Waals surface area contributed by atoms with Gasteiger partial charge in [0.25, 0.3) is 0 Å². The normalized spacial score (nSPS) is 19.4. The summed E-state index contributed by atoms with van der Waals surface area (Å²) < 4.78 is 0. The molecule has 1 aliphatic rings. The fourth-order valence-electron chi connectivity index (χ4n) is 2.60. The molecule has 100 valence electrons. The van der Waals surface area contributed by atoms with Gasteiger partial charge in [0.2, 0.25) is 5.91 Å². The lowest BCUT2D eigenvalue weighted by Crippen LogP contribution is -2.42. The molecule has 19 heavy (non-hydrogen) atoms. The van der Waals surface area contributed by atoms with Gasteiger partial charge in [-0.15, -0.1) is 0 Å². The highest BCUT2D eigenvalue weighted by atomic mass is 16.2. The maximum atomic E-state index is 12.2. The molecule has 0 bridgehead atoms. The molecule has 1 aliphatic heterocycles. The summed E-state index contributed by atoms with van der Waals surface area (Å²) in [4.78, 5) is 16.8. The molecule has 0 radical (unpaired) electrons. The first-order valence-corrected chi connectivity index (χ1v) is 6.42. The largest absolute Gasteiger partial charge is 0.333 e. The lowest BCUT2D eigenvalue weighted by molar-refractivity contribution is -0.132. The summed E-state index contributed by atoms with van der Waals surface area (Å²) in [5, 5.41) is 3.58. The molecule has 1 aromatic carbocycles. The molecule has 1 amide bonds. The van der Waals surface area contributed by atoms with Crippen molar-refractivity contribution in [2.75, 3.05) is 13.1 Å². The topological polar surface area (TPSA) is 69.1 Å². The third-order valence-electron chi connectivity index (χ3n) is 3.76. The van der Waals surface area contributed by atoms with Crippen molar-refractivity contribution < 1.29 is 4.79 Å². The average Bonchev–Trinajstić information content (AvgIpc) is 2.79. The van der Waals surface area contributed by atoms with E-state index in [1.54, 1.807) is 0 Å². The Morgan fingerprint density at radius 3 is 2.74 bits per heavy atom. The molecule has 0 aromatic heterocycles. The van der Waals surface area contributed by atoms with E-state index >= 15 is 0 Å². The van der Waals surface area contributed by atoms with Crippen LogP contribution in [0, 0.1) is 5.92 Å². The van der Waals surface area contributed by atoms with Crippen LogP contribution in [0.3, 0.4) is 0 Å². The molecule has 2 rings (SSSR count). The van der Waals surface area contributed by atoms with Crippen LogP contribution >= 0.6 is 0 Å². The van der Waals surface area contributed by atoms with Gasteiger partial charge in [0.15, 0.2) is 0 Å². The van der Waals surface area contributed by atoms with E-state index in [9.17, 15) is 4.79 Å². The Morgan fingerprint density at radius 2 is 2.11 bits per heavy atom. The molecular formula is C14H18N4O. The molecule has 1 saturated heterocycles. The Hall–Kier alpha value is -2.00. The summed E-state index contributed by atoms with van der Waals surface area (Å²) >= 11 is 0. The maximum Gasteiger partial charge on any atom is 0.223 e. The number of hydrogen-bond acceptors (Lipinski definition) is 2. The zero-order valence-electron chi connectivity index (χ0n) is 11.3. The van der Waals surface area contributed by atoms with Crippen molar-refractivity contribution in [3.8, 4) is 0 Å². The van der Waals surface area contributed by atoms with E-state index in [0.717, 1.165) is 5.56 Å². The van der Waals surface area contributed by atoms with Crippen LogP contribution in [-0.2, 0) is 10.3 Å². The maximum absolute atomic E-state index is 12.2. The molecule has 0 saturated carbocycles. The van der Waals surface area contributed by atoms with Gasteiger partial charge >= 0.3 is 0 Å². The summed E-state index contributed by atoms with van der Waals surface area (Å²) in [6, 6.07) is 10.0. The molecule has 5 nitrogen and oxygen atoms in total. The second-order valence-electron chi connectivity index (χ2n) is 5.41. The molecule has 1 atom stereocenters. The van der Waals surface area contributed by atoms with Crippen LogP contribution < -0.4 is 0 Å². The van der Waals surface area contributed by atoms with Crippen molar-refractivity contribution >= 4 is 5.91 Å². The van der Waals surface area contributed by atoms with Crippen molar-refractivity contribution in [3.05, 3.63) is 46.3 Å². The van der Waals surface area contributed by atoms with Gasteiger partial charge in [-0.05, 0) is 30.9 Å². The van der Waals surface area contributed by atoms with Crippen LogP contribution in [0.4, 0.5) is 0 Å². The van der Waals surface area contributed by atoms with Gasteiger partial charge < -0.3 is 4.90 Å². The number of benzene rings is 1. The van der Waals surface area contributed by atoms with Gasteiger partial charge in [0, 0.05) is 24.4 Å². The SMILES string of the molecule is CC(C)(c1ccccc1)N1CC(CN=[N+]=[N-])CC1=O. The van der Waals surface area contributed by atoms with Crippen LogP contribution in [0.15, 0.2) is 35.4 Å². The fraction of sp³-hybridized carbons (Fsp3) is 0.500. The second-order valence-corrected chi connectivity index (χ2v) is 5.41. The number of amides is 1. The second kappa shape index (κ2) is 5.33. The van der Waals surface area contributed by atoms with Gasteiger partial charge in [0.05, 0.1) is 5.54 Å². The van der Waals surface area contributed by atoms with Crippen LogP contribution in [0.1, 0.15) is 25.8 Å². The number of hydrogen-bond donors (Lipinski definition) is 0. The van der Waals surface area contributed by atoms with E-state index in [1.165, 1.54) is 0 Å². The number of azide groups is 1. The third kappa shape index (κ3) is 2.71. The van der Waals surface area contributed by atoms with Gasteiger partial charge in [-0.1, -0.05) is 35.4 Å². The van der Waals surface area contributed by atoms with Gasteiger partial charge in [-0.25, -0.2) is 0 Å². The molecule has 0 spiro atoms. The van der Waals surface area contributed by atoms with Gasteiger partial charge in [-0.3, -0.25) is 4.79 Å². The standard InChI is InChI=1S/C14H18N4O/c1-14(2,12-6-4-3-5-7-12)18-10-11(8-13(18)19)9-16-17-15/h3-7,11H,8-10H2,1-2H3. The van der Waals surface area contributed by atoms with Gasteiger partial charge in [0.1, 0.15) is 0 Å². The van der Waals surface area contributed by atoms with Crippen molar-refractivity contribution in [2.45, 2.75) is 25.8 Å². The summed E-state index contributed by atoms with van der Waals surface area (Å²) in [5.74, 6) is 0.262. The Bertz CT molecular complexity index is 505. The fourth-order valence-corrected chi connectivity index (χ4v) is 2.60. The Kier molecular flexibility index (Phi) is 3.76. The van der Waals surface area contributed by atoms with E-state index in [2.05, 4.69) is 23.9 Å². The van der Waals surface area contributed by atoms with E-state index in [0.29, 0.717) is 19.5 Å². The lowest BCUT2D eigenvalue weighted by Gasteiger charge is -2.36. The Labute approximate surface area is 112 Å². The van der Waals surface area contributed by atoms with E-state index in [1.807, 2.05) is 35.2 Å². The first kappa shape index (κ1) is 13.4. The monoisotopic (exact) mass is 258 g/mol. The van der Waals surface area contributed by atoms with Crippen LogP contribution in [-0.4, -0.2) is 23.9 Å². The Balaban J connectivity index is 2.17. The molecular weight excluding hydrogens is 240 g/mol. The van der Waals surface area contributed by atoms with Crippen molar-refractivity contribution in [1.82, 2.24) is 4.90 Å². The highest BCUT2D eigenvalue weighted by molar-refractivity contribution is 5.79. The first-order chi connectivity index (χ1) is 9.05. The number of likely N-dealkylation sites (tertiary alicyclic amines) is 1. The predicted octanol–water partition coefficient (Wildman–Crippen LogP) is 3.08. The quantitative estimate of drug-likeness (QED) is 0.465. The van der Waals surface area contributed by atoms with Crippen molar-refractivity contribution in [2.24, 2.45) is 11.0 Å². The third-order valence-corrected chi connectivity index (χ3v) is 3.76.